The lowest BCUT2D eigenvalue weighted by atomic mass is 10.5. The maximum absolute atomic E-state index is 11.4. The summed E-state index contributed by atoms with van der Waals surface area (Å²) in [5.41, 5.74) is 0. The molecule has 0 aliphatic rings. The second kappa shape index (κ2) is 6.31. The van der Waals surface area contributed by atoms with Gasteiger partial charge in [0.2, 0.25) is 0 Å². The standard InChI is InChI=1S/C7H18N2O3S/c1-3-9(4-2)13(11,12)8-6-5-7-10/h8,10H,3-7H2,1-2H3. The lowest BCUT2D eigenvalue weighted by Crippen LogP contribution is -2.40. The van der Waals surface area contributed by atoms with Crippen LogP contribution in [0.3, 0.4) is 0 Å². The fraction of sp³-hybridized carbons (Fsp3) is 1.00. The molecule has 0 aromatic carbocycles. The van der Waals surface area contributed by atoms with Gasteiger partial charge in [-0.25, -0.2) is 4.72 Å². The minimum atomic E-state index is -3.32. The smallest absolute Gasteiger partial charge is 0.279 e. The van der Waals surface area contributed by atoms with E-state index in [1.54, 1.807) is 13.8 Å². The number of nitrogens with zero attached hydrogens (tertiary/aromatic N) is 1. The van der Waals surface area contributed by atoms with Crippen LogP contribution in [0.15, 0.2) is 0 Å². The van der Waals surface area contributed by atoms with Crippen molar-refractivity contribution in [1.82, 2.24) is 9.03 Å². The molecule has 0 atom stereocenters. The highest BCUT2D eigenvalue weighted by Crippen LogP contribution is 1.95. The number of aliphatic hydroxyl groups is 1. The Bertz CT molecular complexity index is 212. The van der Waals surface area contributed by atoms with Crippen molar-refractivity contribution in [3.63, 3.8) is 0 Å². The SMILES string of the molecule is CCN(CC)S(=O)(=O)NCCCO. The molecule has 0 aliphatic heterocycles. The van der Waals surface area contributed by atoms with Crippen LogP contribution in [0.25, 0.3) is 0 Å². The molecule has 0 saturated carbocycles. The van der Waals surface area contributed by atoms with E-state index in [2.05, 4.69) is 4.72 Å². The van der Waals surface area contributed by atoms with E-state index in [9.17, 15) is 8.42 Å². The molecule has 0 aromatic rings. The third kappa shape index (κ3) is 4.56. The highest BCUT2D eigenvalue weighted by Gasteiger charge is 2.16. The molecule has 2 N–H and O–H groups in total. The van der Waals surface area contributed by atoms with E-state index in [1.165, 1.54) is 4.31 Å². The molecule has 0 amide bonds. The molecule has 0 unspecified atom stereocenters. The minimum absolute atomic E-state index is 0.000764. The van der Waals surface area contributed by atoms with Crippen molar-refractivity contribution in [2.45, 2.75) is 20.3 Å². The summed E-state index contributed by atoms with van der Waals surface area (Å²) in [4.78, 5) is 0. The lowest BCUT2D eigenvalue weighted by Gasteiger charge is -2.18. The summed E-state index contributed by atoms with van der Waals surface area (Å²) in [6.45, 7) is 4.79. The first kappa shape index (κ1) is 12.8. The maximum atomic E-state index is 11.4. The molecule has 0 saturated heterocycles. The zero-order valence-electron chi connectivity index (χ0n) is 8.15. The molecule has 0 bridgehead atoms. The average Bonchev–Trinajstić information content (AvgIpc) is 2.06. The van der Waals surface area contributed by atoms with Crippen molar-refractivity contribution in [2.24, 2.45) is 0 Å². The summed E-state index contributed by atoms with van der Waals surface area (Å²) in [7, 11) is -3.32. The number of hydrogen-bond donors (Lipinski definition) is 2. The van der Waals surface area contributed by atoms with Crippen molar-refractivity contribution in [1.29, 1.82) is 0 Å². The van der Waals surface area contributed by atoms with Gasteiger partial charge < -0.3 is 5.11 Å². The van der Waals surface area contributed by atoms with E-state index in [0.717, 1.165) is 0 Å². The molecule has 13 heavy (non-hydrogen) atoms. The Kier molecular flexibility index (Phi) is 6.23. The lowest BCUT2D eigenvalue weighted by molar-refractivity contribution is 0.288. The fourth-order valence-electron chi connectivity index (χ4n) is 0.935. The topological polar surface area (TPSA) is 69.6 Å². The molecule has 80 valence electrons. The van der Waals surface area contributed by atoms with Crippen molar-refractivity contribution in [3.8, 4) is 0 Å². The Morgan fingerprint density at radius 2 is 1.85 bits per heavy atom. The molecule has 6 heteroatoms. The summed E-state index contributed by atoms with van der Waals surface area (Å²) in [6.07, 6.45) is 0.445. The molecule has 0 aromatic heterocycles. The highest BCUT2D eigenvalue weighted by molar-refractivity contribution is 7.87. The predicted molar refractivity (Wildman–Crippen MR) is 51.5 cm³/mol. The molecular weight excluding hydrogens is 192 g/mol. The van der Waals surface area contributed by atoms with Crippen molar-refractivity contribution in [3.05, 3.63) is 0 Å². The van der Waals surface area contributed by atoms with Gasteiger partial charge in [0, 0.05) is 26.2 Å². The van der Waals surface area contributed by atoms with Crippen LogP contribution in [0.2, 0.25) is 0 Å². The third-order valence-electron chi connectivity index (χ3n) is 1.66. The molecule has 0 spiro atoms. The quantitative estimate of drug-likeness (QED) is 0.559. The van der Waals surface area contributed by atoms with Crippen LogP contribution in [0.5, 0.6) is 0 Å². The van der Waals surface area contributed by atoms with Crippen LogP contribution in [0.4, 0.5) is 0 Å². The molecule has 0 rings (SSSR count). The zero-order valence-corrected chi connectivity index (χ0v) is 8.97. The van der Waals surface area contributed by atoms with E-state index in [4.69, 9.17) is 5.11 Å². The van der Waals surface area contributed by atoms with Crippen LogP contribution in [0, 0.1) is 0 Å². The van der Waals surface area contributed by atoms with E-state index in [-0.39, 0.29) is 13.2 Å². The zero-order chi connectivity index (χ0) is 10.3. The van der Waals surface area contributed by atoms with Crippen molar-refractivity contribution < 1.29 is 13.5 Å². The minimum Gasteiger partial charge on any atom is -0.396 e. The Hall–Kier alpha value is -0.170. The average molecular weight is 210 g/mol. The monoisotopic (exact) mass is 210 g/mol. The van der Waals surface area contributed by atoms with Crippen LogP contribution in [0.1, 0.15) is 20.3 Å². The van der Waals surface area contributed by atoms with E-state index >= 15 is 0 Å². The highest BCUT2D eigenvalue weighted by atomic mass is 32.2. The van der Waals surface area contributed by atoms with Gasteiger partial charge in [0.15, 0.2) is 0 Å². The molecule has 5 nitrogen and oxygen atoms in total. The van der Waals surface area contributed by atoms with Gasteiger partial charge in [-0.2, -0.15) is 12.7 Å². The number of aliphatic hydroxyl groups excluding tert-OH is 1. The summed E-state index contributed by atoms with van der Waals surface area (Å²) in [6, 6.07) is 0. The third-order valence-corrected chi connectivity index (χ3v) is 3.43. The summed E-state index contributed by atoms with van der Waals surface area (Å²) < 4.78 is 26.5. The Balaban J connectivity index is 4.05. The van der Waals surface area contributed by atoms with Crippen LogP contribution in [-0.4, -0.2) is 44.1 Å². The van der Waals surface area contributed by atoms with Gasteiger partial charge in [0.05, 0.1) is 0 Å². The number of nitrogens with one attached hydrogen (secondary N) is 1. The van der Waals surface area contributed by atoms with E-state index in [1.807, 2.05) is 0 Å². The molecule has 0 heterocycles. The van der Waals surface area contributed by atoms with Gasteiger partial charge >= 0.3 is 0 Å². The second-order valence-corrected chi connectivity index (χ2v) is 4.32. The van der Waals surface area contributed by atoms with Crippen molar-refractivity contribution >= 4 is 10.2 Å². The first-order valence-electron chi connectivity index (χ1n) is 4.44. The Morgan fingerprint density at radius 3 is 2.23 bits per heavy atom. The Morgan fingerprint density at radius 1 is 1.31 bits per heavy atom. The van der Waals surface area contributed by atoms with Gasteiger partial charge in [0.25, 0.3) is 10.2 Å². The maximum Gasteiger partial charge on any atom is 0.279 e. The number of hydrogen-bond acceptors (Lipinski definition) is 3. The molecular formula is C7H18N2O3S. The van der Waals surface area contributed by atoms with Gasteiger partial charge in [-0.1, -0.05) is 13.8 Å². The summed E-state index contributed by atoms with van der Waals surface area (Å²) >= 11 is 0. The predicted octanol–water partition coefficient (Wildman–Crippen LogP) is -0.455. The summed E-state index contributed by atoms with van der Waals surface area (Å²) in [5.74, 6) is 0. The molecule has 0 fully saturated rings. The van der Waals surface area contributed by atoms with Crippen molar-refractivity contribution in [2.75, 3.05) is 26.2 Å². The van der Waals surface area contributed by atoms with Gasteiger partial charge in [0.1, 0.15) is 0 Å². The van der Waals surface area contributed by atoms with Gasteiger partial charge in [-0.05, 0) is 6.42 Å². The molecule has 0 aliphatic carbocycles. The Labute approximate surface area is 79.9 Å². The first-order valence-corrected chi connectivity index (χ1v) is 5.88. The van der Waals surface area contributed by atoms with E-state index < -0.39 is 10.2 Å². The summed E-state index contributed by atoms with van der Waals surface area (Å²) in [5, 5.41) is 8.47. The van der Waals surface area contributed by atoms with Crippen LogP contribution in [-0.2, 0) is 10.2 Å². The normalized spacial score (nSPS) is 12.3. The fourth-order valence-corrected chi connectivity index (χ4v) is 2.20. The van der Waals surface area contributed by atoms with Gasteiger partial charge in [-0.3, -0.25) is 0 Å². The van der Waals surface area contributed by atoms with Gasteiger partial charge in [-0.15, -0.1) is 0 Å². The first-order chi connectivity index (χ1) is 6.08. The van der Waals surface area contributed by atoms with Crippen LogP contribution < -0.4 is 4.72 Å². The van der Waals surface area contributed by atoms with Crippen LogP contribution >= 0.6 is 0 Å². The molecule has 0 radical (unpaired) electrons. The number of rotatable bonds is 7. The van der Waals surface area contributed by atoms with E-state index in [0.29, 0.717) is 19.5 Å². The largest absolute Gasteiger partial charge is 0.396 e. The second-order valence-electron chi connectivity index (χ2n) is 2.56.